The summed E-state index contributed by atoms with van der Waals surface area (Å²) in [5.74, 6) is 1.72. The van der Waals surface area contributed by atoms with Gasteiger partial charge in [-0.2, -0.15) is 0 Å². The molecule has 1 aliphatic rings. The lowest BCUT2D eigenvalue weighted by Gasteiger charge is -2.19. The summed E-state index contributed by atoms with van der Waals surface area (Å²) in [5, 5.41) is 6.74. The molecule has 2 rings (SSSR count). The number of benzene rings is 1. The molecule has 1 fully saturated rings. The average molecular weight is 431 g/mol. The van der Waals surface area contributed by atoms with Crippen LogP contribution in [0.1, 0.15) is 44.7 Å². The van der Waals surface area contributed by atoms with Crippen molar-refractivity contribution in [2.75, 3.05) is 13.6 Å². The Kier molecular flexibility index (Phi) is 8.33. The van der Waals surface area contributed by atoms with Crippen LogP contribution in [0.3, 0.4) is 0 Å². The molecule has 5 heteroatoms. The van der Waals surface area contributed by atoms with E-state index in [1.165, 1.54) is 24.0 Å². The highest BCUT2D eigenvalue weighted by Crippen LogP contribution is 2.27. The minimum atomic E-state index is -0.108. The van der Waals surface area contributed by atoms with Gasteiger partial charge < -0.3 is 15.4 Å². The predicted molar refractivity (Wildman–Crippen MR) is 107 cm³/mol. The van der Waals surface area contributed by atoms with Crippen molar-refractivity contribution in [3.63, 3.8) is 0 Å². The first kappa shape index (κ1) is 20.2. The Morgan fingerprint density at radius 2 is 1.91 bits per heavy atom. The number of nitrogens with zero attached hydrogens (tertiary/aromatic N) is 1. The first-order chi connectivity index (χ1) is 10.5. The van der Waals surface area contributed by atoms with E-state index in [1.54, 1.807) is 0 Å². The van der Waals surface area contributed by atoms with Crippen molar-refractivity contribution in [2.45, 2.75) is 52.4 Å². The van der Waals surface area contributed by atoms with Gasteiger partial charge in [0.25, 0.3) is 0 Å². The van der Waals surface area contributed by atoms with Crippen LogP contribution in [-0.4, -0.2) is 25.2 Å². The molecule has 4 nitrogen and oxygen atoms in total. The van der Waals surface area contributed by atoms with Crippen LogP contribution in [-0.2, 0) is 17.9 Å². The minimum absolute atomic E-state index is 0. The first-order valence-corrected chi connectivity index (χ1v) is 8.12. The van der Waals surface area contributed by atoms with Crippen molar-refractivity contribution < 1.29 is 4.74 Å². The predicted octanol–water partition coefficient (Wildman–Crippen LogP) is 3.69. The van der Waals surface area contributed by atoms with Gasteiger partial charge in [-0.25, -0.2) is 0 Å². The fraction of sp³-hybridized carbons (Fsp3) is 0.611. The third-order valence-electron chi connectivity index (χ3n) is 3.60. The molecule has 130 valence electrons. The average Bonchev–Trinajstić information content (AvgIpc) is 3.29. The number of hydrogen-bond donors (Lipinski definition) is 2. The van der Waals surface area contributed by atoms with E-state index in [9.17, 15) is 0 Å². The van der Waals surface area contributed by atoms with Crippen molar-refractivity contribution in [3.05, 3.63) is 35.4 Å². The van der Waals surface area contributed by atoms with Gasteiger partial charge in [-0.3, -0.25) is 4.99 Å². The fourth-order valence-corrected chi connectivity index (χ4v) is 2.10. The summed E-state index contributed by atoms with van der Waals surface area (Å²) in [5.41, 5.74) is 2.34. The van der Waals surface area contributed by atoms with Gasteiger partial charge in [0, 0.05) is 20.1 Å². The van der Waals surface area contributed by atoms with Crippen LogP contribution in [0.4, 0.5) is 0 Å². The molecule has 0 heterocycles. The normalized spacial score (nSPS) is 15.0. The Labute approximate surface area is 157 Å². The standard InChI is InChI=1S/C18H29N3O.HI/c1-18(2,3)22-13-16-7-5-6-15(10-16)12-21-17(19-4)20-11-14-8-9-14;/h5-7,10,14H,8-9,11-13H2,1-4H3,(H2,19,20,21);1H. The Morgan fingerprint density at radius 3 is 2.52 bits per heavy atom. The minimum Gasteiger partial charge on any atom is -0.371 e. The fourth-order valence-electron chi connectivity index (χ4n) is 2.10. The molecule has 0 amide bonds. The zero-order valence-electron chi connectivity index (χ0n) is 14.7. The van der Waals surface area contributed by atoms with E-state index < -0.39 is 0 Å². The van der Waals surface area contributed by atoms with Crippen molar-refractivity contribution in [2.24, 2.45) is 10.9 Å². The summed E-state index contributed by atoms with van der Waals surface area (Å²) in [6, 6.07) is 8.50. The SMILES string of the molecule is CN=C(NCc1cccc(COC(C)(C)C)c1)NCC1CC1.I. The smallest absolute Gasteiger partial charge is 0.191 e. The van der Waals surface area contributed by atoms with Gasteiger partial charge in [0.15, 0.2) is 5.96 Å². The molecule has 0 spiro atoms. The van der Waals surface area contributed by atoms with Crippen molar-refractivity contribution in [1.82, 2.24) is 10.6 Å². The summed E-state index contributed by atoms with van der Waals surface area (Å²) < 4.78 is 5.83. The Hall–Kier alpha value is -0.820. The second kappa shape index (κ2) is 9.47. The van der Waals surface area contributed by atoms with Crippen LogP contribution in [0.15, 0.2) is 29.3 Å². The Bertz CT molecular complexity index is 507. The monoisotopic (exact) mass is 431 g/mol. The molecule has 0 atom stereocenters. The van der Waals surface area contributed by atoms with E-state index in [-0.39, 0.29) is 29.6 Å². The largest absolute Gasteiger partial charge is 0.371 e. The van der Waals surface area contributed by atoms with Gasteiger partial charge in [0.1, 0.15) is 0 Å². The van der Waals surface area contributed by atoms with Crippen molar-refractivity contribution in [1.29, 1.82) is 0 Å². The molecular weight excluding hydrogens is 401 g/mol. The number of hydrogen-bond acceptors (Lipinski definition) is 2. The molecular formula is C18H30IN3O. The van der Waals surface area contributed by atoms with E-state index in [0.717, 1.165) is 25.0 Å². The van der Waals surface area contributed by atoms with Gasteiger partial charge in [-0.15, -0.1) is 24.0 Å². The quantitative estimate of drug-likeness (QED) is 0.410. The lowest BCUT2D eigenvalue weighted by Crippen LogP contribution is -2.37. The van der Waals surface area contributed by atoms with Crippen LogP contribution < -0.4 is 10.6 Å². The zero-order chi connectivity index (χ0) is 16.0. The van der Waals surface area contributed by atoms with Gasteiger partial charge in [-0.05, 0) is 50.7 Å². The summed E-state index contributed by atoms with van der Waals surface area (Å²) >= 11 is 0. The number of rotatable bonds is 6. The van der Waals surface area contributed by atoms with Gasteiger partial charge >= 0.3 is 0 Å². The second-order valence-electron chi connectivity index (χ2n) is 6.97. The molecule has 1 aromatic rings. The van der Waals surface area contributed by atoms with Gasteiger partial charge in [0.2, 0.25) is 0 Å². The molecule has 0 aliphatic heterocycles. The zero-order valence-corrected chi connectivity index (χ0v) is 17.0. The van der Waals surface area contributed by atoms with Crippen LogP contribution in [0.5, 0.6) is 0 Å². The molecule has 0 unspecified atom stereocenters. The van der Waals surface area contributed by atoms with Crippen molar-refractivity contribution >= 4 is 29.9 Å². The van der Waals surface area contributed by atoms with Crippen LogP contribution in [0.25, 0.3) is 0 Å². The summed E-state index contributed by atoms with van der Waals surface area (Å²) in [4.78, 5) is 4.26. The number of aliphatic imine (C=N–C) groups is 1. The molecule has 0 bridgehead atoms. The Morgan fingerprint density at radius 1 is 1.22 bits per heavy atom. The lowest BCUT2D eigenvalue weighted by molar-refractivity contribution is -0.0149. The molecule has 1 saturated carbocycles. The highest BCUT2D eigenvalue weighted by molar-refractivity contribution is 14.0. The molecule has 0 aromatic heterocycles. The third kappa shape index (κ3) is 8.55. The highest BCUT2D eigenvalue weighted by atomic mass is 127. The van der Waals surface area contributed by atoms with Gasteiger partial charge in [0.05, 0.1) is 12.2 Å². The number of ether oxygens (including phenoxy) is 1. The summed E-state index contributed by atoms with van der Waals surface area (Å²) in [6.07, 6.45) is 2.69. The second-order valence-corrected chi connectivity index (χ2v) is 6.97. The molecule has 1 aromatic carbocycles. The van der Waals surface area contributed by atoms with Crippen LogP contribution >= 0.6 is 24.0 Å². The maximum absolute atomic E-state index is 5.83. The molecule has 1 aliphatic carbocycles. The molecule has 2 N–H and O–H groups in total. The van der Waals surface area contributed by atoms with E-state index >= 15 is 0 Å². The van der Waals surface area contributed by atoms with E-state index in [4.69, 9.17) is 4.74 Å². The van der Waals surface area contributed by atoms with E-state index in [0.29, 0.717) is 6.61 Å². The third-order valence-corrected chi connectivity index (χ3v) is 3.60. The molecule has 23 heavy (non-hydrogen) atoms. The maximum Gasteiger partial charge on any atom is 0.191 e. The highest BCUT2D eigenvalue weighted by Gasteiger charge is 2.21. The number of nitrogens with one attached hydrogen (secondary N) is 2. The molecule has 0 saturated heterocycles. The summed E-state index contributed by atoms with van der Waals surface area (Å²) in [7, 11) is 1.82. The summed E-state index contributed by atoms with van der Waals surface area (Å²) in [6.45, 7) is 8.68. The number of guanidine groups is 1. The Balaban J connectivity index is 0.00000264. The number of halogens is 1. The van der Waals surface area contributed by atoms with Crippen LogP contribution in [0, 0.1) is 5.92 Å². The topological polar surface area (TPSA) is 45.7 Å². The van der Waals surface area contributed by atoms with Crippen molar-refractivity contribution in [3.8, 4) is 0 Å². The van der Waals surface area contributed by atoms with Gasteiger partial charge in [-0.1, -0.05) is 24.3 Å². The maximum atomic E-state index is 5.83. The first-order valence-electron chi connectivity index (χ1n) is 8.12. The van der Waals surface area contributed by atoms with E-state index in [1.807, 2.05) is 7.05 Å². The lowest BCUT2D eigenvalue weighted by atomic mass is 10.1. The van der Waals surface area contributed by atoms with E-state index in [2.05, 4.69) is 60.7 Å². The van der Waals surface area contributed by atoms with Crippen LogP contribution in [0.2, 0.25) is 0 Å². The molecule has 0 radical (unpaired) electrons.